The van der Waals surface area contributed by atoms with Crippen LogP contribution >= 0.6 is 0 Å². The van der Waals surface area contributed by atoms with E-state index in [0.717, 1.165) is 50.4 Å². The maximum absolute atomic E-state index is 4.84. The molecule has 0 amide bonds. The summed E-state index contributed by atoms with van der Waals surface area (Å²) in [6, 6.07) is 34.3. The molecule has 0 atom stereocenters. The summed E-state index contributed by atoms with van der Waals surface area (Å²) in [6.45, 7) is 0. The molecular formula is C27H19N5. The lowest BCUT2D eigenvalue weighted by molar-refractivity contribution is 1.22. The van der Waals surface area contributed by atoms with Crippen molar-refractivity contribution in [1.29, 1.82) is 0 Å². The molecule has 32 heavy (non-hydrogen) atoms. The first-order valence-electron chi connectivity index (χ1n) is 10.5. The molecule has 5 heteroatoms. The zero-order valence-electron chi connectivity index (χ0n) is 17.2. The maximum atomic E-state index is 4.84. The minimum absolute atomic E-state index is 0.700. The fraction of sp³-hybridized carbons (Fsp3) is 0. The van der Waals surface area contributed by atoms with Crippen molar-refractivity contribution < 1.29 is 0 Å². The minimum atomic E-state index is 0.700. The summed E-state index contributed by atoms with van der Waals surface area (Å²) in [4.78, 5) is 17.7. The first-order valence-corrected chi connectivity index (χ1v) is 10.5. The second-order valence-electron chi connectivity index (χ2n) is 7.58. The predicted molar refractivity (Wildman–Crippen MR) is 130 cm³/mol. The summed E-state index contributed by atoms with van der Waals surface area (Å²) in [6.07, 6.45) is 0. The van der Waals surface area contributed by atoms with Gasteiger partial charge in [0.05, 0.1) is 16.6 Å². The van der Waals surface area contributed by atoms with Crippen molar-refractivity contribution in [3.05, 3.63) is 103 Å². The van der Waals surface area contributed by atoms with E-state index in [1.54, 1.807) is 0 Å². The molecular weight excluding hydrogens is 394 g/mol. The van der Waals surface area contributed by atoms with Crippen molar-refractivity contribution >= 4 is 33.4 Å². The Morgan fingerprint density at radius 1 is 0.562 bits per heavy atom. The van der Waals surface area contributed by atoms with Gasteiger partial charge in [-0.2, -0.15) is 0 Å². The molecule has 152 valence electrons. The fourth-order valence-corrected chi connectivity index (χ4v) is 3.83. The number of nitrogens with one attached hydrogen (secondary N) is 2. The number of aromatic amines is 1. The third kappa shape index (κ3) is 3.36. The normalized spacial score (nSPS) is 11.1. The molecule has 4 aromatic carbocycles. The summed E-state index contributed by atoms with van der Waals surface area (Å²) in [7, 11) is 0. The topological polar surface area (TPSA) is 66.5 Å². The molecule has 0 saturated heterocycles. The lowest BCUT2D eigenvalue weighted by atomic mass is 10.1. The summed E-state index contributed by atoms with van der Waals surface area (Å²) >= 11 is 0. The van der Waals surface area contributed by atoms with E-state index >= 15 is 0 Å². The molecule has 0 fully saturated rings. The molecule has 2 aromatic heterocycles. The highest BCUT2D eigenvalue weighted by Crippen LogP contribution is 2.28. The Morgan fingerprint density at radius 3 is 2.09 bits per heavy atom. The SMILES string of the molecule is c1ccc(-c2nc(Nc3ccc(-c4nc5ccccc5[nH]4)cc3)c3ccccc3n2)cc1. The van der Waals surface area contributed by atoms with Crippen LogP contribution in [0, 0.1) is 0 Å². The van der Waals surface area contributed by atoms with Gasteiger partial charge in [-0.15, -0.1) is 0 Å². The van der Waals surface area contributed by atoms with E-state index in [9.17, 15) is 0 Å². The Labute approximate surface area is 184 Å². The Morgan fingerprint density at radius 2 is 1.28 bits per heavy atom. The van der Waals surface area contributed by atoms with Crippen molar-refractivity contribution in [3.63, 3.8) is 0 Å². The number of imidazole rings is 1. The summed E-state index contributed by atoms with van der Waals surface area (Å²) in [5, 5.41) is 4.46. The molecule has 0 aliphatic heterocycles. The van der Waals surface area contributed by atoms with Gasteiger partial charge in [0.25, 0.3) is 0 Å². The number of hydrogen-bond acceptors (Lipinski definition) is 4. The number of aromatic nitrogens is 4. The van der Waals surface area contributed by atoms with Crippen LogP contribution in [0.15, 0.2) is 103 Å². The number of rotatable bonds is 4. The highest BCUT2D eigenvalue weighted by molar-refractivity contribution is 5.92. The minimum Gasteiger partial charge on any atom is -0.340 e. The van der Waals surface area contributed by atoms with E-state index in [0.29, 0.717) is 5.82 Å². The summed E-state index contributed by atoms with van der Waals surface area (Å²) < 4.78 is 0. The van der Waals surface area contributed by atoms with Crippen LogP contribution in [-0.4, -0.2) is 19.9 Å². The lowest BCUT2D eigenvalue weighted by Gasteiger charge is -2.11. The quantitative estimate of drug-likeness (QED) is 0.342. The van der Waals surface area contributed by atoms with Gasteiger partial charge >= 0.3 is 0 Å². The fourth-order valence-electron chi connectivity index (χ4n) is 3.83. The number of para-hydroxylation sites is 3. The van der Waals surface area contributed by atoms with E-state index < -0.39 is 0 Å². The number of fused-ring (bicyclic) bond motifs is 2. The molecule has 0 aliphatic carbocycles. The van der Waals surface area contributed by atoms with Crippen molar-refractivity contribution in [3.8, 4) is 22.8 Å². The third-order valence-corrected chi connectivity index (χ3v) is 5.45. The standard InChI is InChI=1S/C27H19N5/c1-2-8-18(9-3-1)26-29-22-11-5-4-10-21(22)27(32-26)28-20-16-14-19(15-17-20)25-30-23-12-6-7-13-24(23)31-25/h1-17H,(H,30,31)(H,28,29,32). The Balaban J connectivity index is 1.36. The molecule has 0 aliphatic rings. The zero-order valence-corrected chi connectivity index (χ0v) is 17.2. The molecule has 2 N–H and O–H groups in total. The van der Waals surface area contributed by atoms with Crippen molar-refractivity contribution in [2.45, 2.75) is 0 Å². The van der Waals surface area contributed by atoms with Gasteiger partial charge in [0.15, 0.2) is 5.82 Å². The first kappa shape index (κ1) is 18.3. The lowest BCUT2D eigenvalue weighted by Crippen LogP contribution is -1.99. The highest BCUT2D eigenvalue weighted by Gasteiger charge is 2.10. The van der Waals surface area contributed by atoms with Gasteiger partial charge in [0, 0.05) is 22.2 Å². The smallest absolute Gasteiger partial charge is 0.162 e. The molecule has 0 spiro atoms. The van der Waals surface area contributed by atoms with Crippen LogP contribution in [0.5, 0.6) is 0 Å². The zero-order chi connectivity index (χ0) is 21.3. The van der Waals surface area contributed by atoms with Crippen LogP contribution in [0.1, 0.15) is 0 Å². The maximum Gasteiger partial charge on any atom is 0.162 e. The van der Waals surface area contributed by atoms with E-state index in [1.807, 2.05) is 91.0 Å². The van der Waals surface area contributed by atoms with Crippen LogP contribution in [0.4, 0.5) is 11.5 Å². The van der Waals surface area contributed by atoms with E-state index in [2.05, 4.69) is 27.4 Å². The monoisotopic (exact) mass is 413 g/mol. The molecule has 6 rings (SSSR count). The van der Waals surface area contributed by atoms with Gasteiger partial charge in [-0.3, -0.25) is 0 Å². The Hall–Kier alpha value is -4.51. The van der Waals surface area contributed by atoms with Crippen LogP contribution in [0.2, 0.25) is 0 Å². The number of hydrogen-bond donors (Lipinski definition) is 2. The molecule has 2 heterocycles. The van der Waals surface area contributed by atoms with Crippen LogP contribution in [0.3, 0.4) is 0 Å². The van der Waals surface area contributed by atoms with E-state index in [4.69, 9.17) is 9.97 Å². The second-order valence-corrected chi connectivity index (χ2v) is 7.58. The number of anilines is 2. The van der Waals surface area contributed by atoms with Gasteiger partial charge in [0.2, 0.25) is 0 Å². The van der Waals surface area contributed by atoms with Gasteiger partial charge in [-0.1, -0.05) is 54.6 Å². The van der Waals surface area contributed by atoms with Gasteiger partial charge in [-0.05, 0) is 48.5 Å². The Bertz CT molecular complexity index is 1500. The average Bonchev–Trinajstić information content (AvgIpc) is 3.29. The predicted octanol–water partition coefficient (Wildman–Crippen LogP) is 6.58. The molecule has 0 saturated carbocycles. The van der Waals surface area contributed by atoms with Crippen LogP contribution in [-0.2, 0) is 0 Å². The highest BCUT2D eigenvalue weighted by atomic mass is 15.0. The third-order valence-electron chi connectivity index (χ3n) is 5.45. The summed E-state index contributed by atoms with van der Waals surface area (Å²) in [5.74, 6) is 2.34. The first-order chi connectivity index (χ1) is 15.8. The summed E-state index contributed by atoms with van der Waals surface area (Å²) in [5.41, 5.74) is 5.87. The largest absolute Gasteiger partial charge is 0.340 e. The van der Waals surface area contributed by atoms with E-state index in [1.165, 1.54) is 0 Å². The average molecular weight is 413 g/mol. The molecule has 5 nitrogen and oxygen atoms in total. The van der Waals surface area contributed by atoms with Crippen molar-refractivity contribution in [1.82, 2.24) is 19.9 Å². The second kappa shape index (κ2) is 7.63. The Kier molecular flexibility index (Phi) is 4.36. The van der Waals surface area contributed by atoms with Crippen molar-refractivity contribution in [2.24, 2.45) is 0 Å². The van der Waals surface area contributed by atoms with Gasteiger partial charge in [-0.25, -0.2) is 15.0 Å². The number of benzene rings is 4. The molecule has 6 aromatic rings. The van der Waals surface area contributed by atoms with Gasteiger partial charge in [0.1, 0.15) is 11.6 Å². The molecule has 0 unspecified atom stereocenters. The molecule has 0 radical (unpaired) electrons. The van der Waals surface area contributed by atoms with Gasteiger partial charge < -0.3 is 10.3 Å². The number of H-pyrrole nitrogens is 1. The number of nitrogens with zero attached hydrogens (tertiary/aromatic N) is 3. The van der Waals surface area contributed by atoms with Crippen LogP contribution < -0.4 is 5.32 Å². The molecule has 0 bridgehead atoms. The van der Waals surface area contributed by atoms with Crippen molar-refractivity contribution in [2.75, 3.05) is 5.32 Å². The van der Waals surface area contributed by atoms with E-state index in [-0.39, 0.29) is 0 Å². The van der Waals surface area contributed by atoms with Crippen LogP contribution in [0.25, 0.3) is 44.7 Å².